The summed E-state index contributed by atoms with van der Waals surface area (Å²) in [6.45, 7) is 0. The molecule has 0 aliphatic carbocycles. The van der Waals surface area contributed by atoms with Crippen LogP contribution in [-0.4, -0.2) is 9.55 Å². The van der Waals surface area contributed by atoms with Crippen molar-refractivity contribution in [3.05, 3.63) is 52.3 Å². The predicted octanol–water partition coefficient (Wildman–Crippen LogP) is 2.66. The molecule has 84 valence electrons. The van der Waals surface area contributed by atoms with Crippen LogP contribution in [0.25, 0.3) is 21.5 Å². The lowest BCUT2D eigenvalue weighted by Gasteiger charge is -2.08. The number of rotatable bonds is 1. The van der Waals surface area contributed by atoms with Gasteiger partial charge in [-0.1, -0.05) is 30.3 Å². The number of hydrogen-bond donors (Lipinski definition) is 0. The average Bonchev–Trinajstić information content (AvgIpc) is 2.79. The predicted molar refractivity (Wildman–Crippen MR) is 70.3 cm³/mol. The highest BCUT2D eigenvalue weighted by Crippen LogP contribution is 2.28. The van der Waals surface area contributed by atoms with Crippen molar-refractivity contribution in [2.45, 2.75) is 0 Å². The second-order valence-electron chi connectivity index (χ2n) is 3.81. The normalized spacial score (nSPS) is 10.9. The molecule has 0 unspecified atom stereocenters. The van der Waals surface area contributed by atoms with E-state index in [-0.39, 0.29) is 5.69 Å². The van der Waals surface area contributed by atoms with Gasteiger partial charge in [0.2, 0.25) is 0 Å². The lowest BCUT2D eigenvalue weighted by atomic mass is 10.1. The first-order chi connectivity index (χ1) is 8.27. The molecule has 3 aromatic rings. The maximum Gasteiger partial charge on any atom is 0.349 e. The monoisotopic (exact) mass is 242 g/mol. The molecule has 0 aliphatic heterocycles. The molecule has 17 heavy (non-hydrogen) atoms. The molecular weight excluding hydrogens is 232 g/mol. The van der Waals surface area contributed by atoms with Gasteiger partial charge in [0.05, 0.1) is 5.69 Å². The Morgan fingerprint density at radius 1 is 1.18 bits per heavy atom. The maximum absolute atomic E-state index is 11.8. The molecule has 0 amide bonds. The Morgan fingerprint density at radius 2 is 1.94 bits per heavy atom. The van der Waals surface area contributed by atoms with Gasteiger partial charge in [-0.05, 0) is 17.0 Å². The third kappa shape index (κ3) is 1.57. The summed E-state index contributed by atoms with van der Waals surface area (Å²) in [5.41, 5.74) is 1.76. The Bertz CT molecular complexity index is 728. The van der Waals surface area contributed by atoms with Crippen molar-refractivity contribution in [1.29, 1.82) is 0 Å². The molecule has 3 rings (SSSR count). The van der Waals surface area contributed by atoms with Gasteiger partial charge in [-0.25, -0.2) is 4.79 Å². The van der Waals surface area contributed by atoms with Crippen LogP contribution in [0.4, 0.5) is 0 Å². The molecule has 4 heteroatoms. The minimum Gasteiger partial charge on any atom is -0.294 e. The van der Waals surface area contributed by atoms with Crippen LogP contribution in [-0.2, 0) is 7.05 Å². The third-order valence-electron chi connectivity index (χ3n) is 2.77. The quantitative estimate of drug-likeness (QED) is 0.657. The maximum atomic E-state index is 11.8. The second kappa shape index (κ2) is 3.82. The minimum absolute atomic E-state index is 0.209. The van der Waals surface area contributed by atoms with Gasteiger partial charge in [0.1, 0.15) is 4.83 Å². The van der Waals surface area contributed by atoms with Crippen molar-refractivity contribution in [3.8, 4) is 11.3 Å². The fourth-order valence-electron chi connectivity index (χ4n) is 1.95. The lowest BCUT2D eigenvalue weighted by Crippen LogP contribution is -2.21. The van der Waals surface area contributed by atoms with Crippen LogP contribution in [0.2, 0.25) is 0 Å². The van der Waals surface area contributed by atoms with E-state index in [2.05, 4.69) is 4.98 Å². The molecule has 0 spiro atoms. The van der Waals surface area contributed by atoms with E-state index in [1.807, 2.05) is 41.8 Å². The first-order valence-electron chi connectivity index (χ1n) is 5.27. The first kappa shape index (κ1) is 10.2. The Kier molecular flexibility index (Phi) is 2.30. The van der Waals surface area contributed by atoms with Gasteiger partial charge < -0.3 is 0 Å². The smallest absolute Gasteiger partial charge is 0.294 e. The fourth-order valence-corrected chi connectivity index (χ4v) is 2.71. The van der Waals surface area contributed by atoms with Crippen molar-refractivity contribution in [3.63, 3.8) is 0 Å². The summed E-state index contributed by atoms with van der Waals surface area (Å²) in [6, 6.07) is 11.9. The molecule has 0 saturated carbocycles. The van der Waals surface area contributed by atoms with E-state index in [1.54, 1.807) is 11.6 Å². The summed E-state index contributed by atoms with van der Waals surface area (Å²) < 4.78 is 1.60. The molecule has 2 aromatic heterocycles. The average molecular weight is 242 g/mol. The SMILES string of the molecule is Cn1c(-c2ccccc2)c2ccsc2nc1=O. The highest BCUT2D eigenvalue weighted by molar-refractivity contribution is 7.16. The van der Waals surface area contributed by atoms with Crippen molar-refractivity contribution in [1.82, 2.24) is 9.55 Å². The van der Waals surface area contributed by atoms with Crippen molar-refractivity contribution < 1.29 is 0 Å². The largest absolute Gasteiger partial charge is 0.349 e. The van der Waals surface area contributed by atoms with E-state index < -0.39 is 0 Å². The fraction of sp³-hybridized carbons (Fsp3) is 0.0769. The van der Waals surface area contributed by atoms with E-state index in [9.17, 15) is 4.79 Å². The number of thiophene rings is 1. The molecule has 0 aliphatic rings. The number of nitrogens with zero attached hydrogens (tertiary/aromatic N) is 2. The summed E-state index contributed by atoms with van der Waals surface area (Å²) in [5, 5.41) is 2.99. The van der Waals surface area contributed by atoms with Gasteiger partial charge in [0.25, 0.3) is 0 Å². The molecule has 0 N–H and O–H groups in total. The second-order valence-corrected chi connectivity index (χ2v) is 4.70. The van der Waals surface area contributed by atoms with Gasteiger partial charge >= 0.3 is 5.69 Å². The van der Waals surface area contributed by atoms with Gasteiger partial charge in [-0.15, -0.1) is 11.3 Å². The Labute approximate surface area is 102 Å². The lowest BCUT2D eigenvalue weighted by molar-refractivity contribution is 0.838. The van der Waals surface area contributed by atoms with Crippen LogP contribution >= 0.6 is 11.3 Å². The van der Waals surface area contributed by atoms with Crippen molar-refractivity contribution in [2.24, 2.45) is 7.05 Å². The van der Waals surface area contributed by atoms with E-state index in [0.717, 1.165) is 21.5 Å². The molecule has 0 bridgehead atoms. The topological polar surface area (TPSA) is 34.9 Å². The van der Waals surface area contributed by atoms with Crippen molar-refractivity contribution >= 4 is 21.6 Å². The van der Waals surface area contributed by atoms with E-state index in [1.165, 1.54) is 11.3 Å². The summed E-state index contributed by atoms with van der Waals surface area (Å²) in [4.78, 5) is 16.6. The molecule has 0 fully saturated rings. The van der Waals surface area contributed by atoms with Gasteiger partial charge in [0, 0.05) is 12.4 Å². The molecule has 1 aromatic carbocycles. The molecule has 3 nitrogen and oxygen atoms in total. The molecule has 0 saturated heterocycles. The molecule has 2 heterocycles. The minimum atomic E-state index is -0.209. The number of hydrogen-bond acceptors (Lipinski definition) is 3. The van der Waals surface area contributed by atoms with Crippen LogP contribution in [0.5, 0.6) is 0 Å². The van der Waals surface area contributed by atoms with Crippen molar-refractivity contribution in [2.75, 3.05) is 0 Å². The van der Waals surface area contributed by atoms with Crippen LogP contribution in [0, 0.1) is 0 Å². The zero-order valence-electron chi connectivity index (χ0n) is 9.25. The Hall–Kier alpha value is -1.94. The van der Waals surface area contributed by atoms with Gasteiger partial charge in [-0.3, -0.25) is 4.57 Å². The van der Waals surface area contributed by atoms with Gasteiger partial charge in [0.15, 0.2) is 0 Å². The summed E-state index contributed by atoms with van der Waals surface area (Å²) >= 11 is 1.49. The van der Waals surface area contributed by atoms with Crippen LogP contribution in [0.3, 0.4) is 0 Å². The summed E-state index contributed by atoms with van der Waals surface area (Å²) in [6.07, 6.45) is 0. The molecule has 0 radical (unpaired) electrons. The zero-order valence-corrected chi connectivity index (χ0v) is 10.1. The number of benzene rings is 1. The van der Waals surface area contributed by atoms with E-state index >= 15 is 0 Å². The highest BCUT2D eigenvalue weighted by atomic mass is 32.1. The third-order valence-corrected chi connectivity index (χ3v) is 3.57. The number of aromatic nitrogens is 2. The van der Waals surface area contributed by atoms with Crippen LogP contribution in [0.15, 0.2) is 46.6 Å². The van der Waals surface area contributed by atoms with Crippen LogP contribution in [0.1, 0.15) is 0 Å². The zero-order chi connectivity index (χ0) is 11.8. The first-order valence-corrected chi connectivity index (χ1v) is 6.15. The van der Waals surface area contributed by atoms with Gasteiger partial charge in [-0.2, -0.15) is 4.98 Å². The number of fused-ring (bicyclic) bond motifs is 1. The van der Waals surface area contributed by atoms with E-state index in [0.29, 0.717) is 0 Å². The highest BCUT2D eigenvalue weighted by Gasteiger charge is 2.10. The Balaban J connectivity index is 2.46. The molecule has 0 atom stereocenters. The molecular formula is C13H10N2OS. The summed E-state index contributed by atoms with van der Waals surface area (Å²) in [7, 11) is 1.76. The summed E-state index contributed by atoms with van der Waals surface area (Å²) in [5.74, 6) is 0. The van der Waals surface area contributed by atoms with E-state index in [4.69, 9.17) is 0 Å². The van der Waals surface area contributed by atoms with Crippen LogP contribution < -0.4 is 5.69 Å². The standard InChI is InChI=1S/C13H10N2OS/c1-15-11(9-5-3-2-4-6-9)10-7-8-17-12(10)14-13(15)16/h2-8H,1H3. The Morgan fingerprint density at radius 3 is 2.71 bits per heavy atom.